The van der Waals surface area contributed by atoms with Crippen LogP contribution in [0.4, 0.5) is 0 Å². The third kappa shape index (κ3) is 4.18. The summed E-state index contributed by atoms with van der Waals surface area (Å²) in [6.07, 6.45) is 3.29. The molecule has 110 valence electrons. The van der Waals surface area contributed by atoms with E-state index in [0.29, 0.717) is 18.8 Å². The van der Waals surface area contributed by atoms with Crippen molar-refractivity contribution in [3.8, 4) is 0 Å². The number of likely N-dealkylation sites (tertiary alicyclic amines) is 1. The number of nitrogens with one attached hydrogen (secondary N) is 1. The summed E-state index contributed by atoms with van der Waals surface area (Å²) in [5, 5.41) is 3.16. The van der Waals surface area contributed by atoms with Crippen LogP contribution < -0.4 is 5.32 Å². The van der Waals surface area contributed by atoms with Gasteiger partial charge in [0.25, 0.3) is 0 Å². The lowest BCUT2D eigenvalue weighted by atomic mass is 9.96. The molecule has 1 amide bonds. The summed E-state index contributed by atoms with van der Waals surface area (Å²) in [7, 11) is -0.937. The van der Waals surface area contributed by atoms with Crippen molar-refractivity contribution in [2.24, 2.45) is 11.8 Å². The molecule has 5 nitrogen and oxygen atoms in total. The Kier molecular flexibility index (Phi) is 4.84. The van der Waals surface area contributed by atoms with Crippen LogP contribution in [0.25, 0.3) is 0 Å². The molecule has 2 atom stereocenters. The largest absolute Gasteiger partial charge is 0.342 e. The van der Waals surface area contributed by atoms with Crippen LogP contribution >= 0.6 is 0 Å². The van der Waals surface area contributed by atoms with E-state index >= 15 is 0 Å². The van der Waals surface area contributed by atoms with E-state index in [4.69, 9.17) is 0 Å². The molecule has 2 rings (SSSR count). The van der Waals surface area contributed by atoms with Gasteiger partial charge in [0.1, 0.15) is 0 Å². The summed E-state index contributed by atoms with van der Waals surface area (Å²) in [4.78, 5) is 14.2. The summed E-state index contributed by atoms with van der Waals surface area (Å²) < 4.78 is 22.8. The zero-order chi connectivity index (χ0) is 13.9. The van der Waals surface area contributed by atoms with Crippen molar-refractivity contribution in [2.75, 3.05) is 38.2 Å². The van der Waals surface area contributed by atoms with Crippen molar-refractivity contribution in [1.82, 2.24) is 10.2 Å². The van der Waals surface area contributed by atoms with E-state index < -0.39 is 9.84 Å². The average molecular weight is 288 g/mol. The van der Waals surface area contributed by atoms with Gasteiger partial charge in [-0.25, -0.2) is 8.42 Å². The maximum Gasteiger partial charge on any atom is 0.222 e. The Morgan fingerprint density at radius 3 is 2.74 bits per heavy atom. The Bertz CT molecular complexity index is 420. The number of piperidine rings is 1. The monoisotopic (exact) mass is 288 g/mol. The quantitative estimate of drug-likeness (QED) is 0.806. The Labute approximate surface area is 115 Å². The minimum absolute atomic E-state index is 0.0437. The lowest BCUT2D eigenvalue weighted by Gasteiger charge is -2.33. The molecule has 0 radical (unpaired) electrons. The van der Waals surface area contributed by atoms with Gasteiger partial charge in [0.05, 0.1) is 11.5 Å². The fraction of sp³-hybridized carbons (Fsp3) is 0.923. The third-order valence-corrected chi connectivity index (χ3v) is 5.99. The number of rotatable bonds is 4. The molecule has 6 heteroatoms. The Balaban J connectivity index is 1.83. The molecule has 2 unspecified atom stereocenters. The van der Waals surface area contributed by atoms with Crippen LogP contribution in [0.3, 0.4) is 0 Å². The van der Waals surface area contributed by atoms with Crippen LogP contribution in [0.1, 0.15) is 25.7 Å². The molecule has 0 aliphatic carbocycles. The molecule has 19 heavy (non-hydrogen) atoms. The smallest absolute Gasteiger partial charge is 0.222 e. The van der Waals surface area contributed by atoms with Gasteiger partial charge in [-0.3, -0.25) is 4.79 Å². The Morgan fingerprint density at radius 2 is 2.11 bits per heavy atom. The van der Waals surface area contributed by atoms with Crippen LogP contribution in [0.5, 0.6) is 0 Å². The molecule has 0 aromatic heterocycles. The first-order valence-corrected chi connectivity index (χ1v) is 8.95. The van der Waals surface area contributed by atoms with E-state index in [9.17, 15) is 13.2 Å². The zero-order valence-electron chi connectivity index (χ0n) is 11.6. The minimum atomic E-state index is -2.87. The summed E-state index contributed by atoms with van der Waals surface area (Å²) in [6, 6.07) is 0. The lowest BCUT2D eigenvalue weighted by molar-refractivity contribution is -0.133. The second kappa shape index (κ2) is 6.22. The molecule has 0 aromatic rings. The summed E-state index contributed by atoms with van der Waals surface area (Å²) in [6.45, 7) is 2.60. The molecule has 2 aliphatic heterocycles. The van der Waals surface area contributed by atoms with Crippen LogP contribution in [0, 0.1) is 11.8 Å². The maximum atomic E-state index is 12.2. The number of carbonyl (C=O) groups excluding carboxylic acids is 1. The summed E-state index contributed by atoms with van der Waals surface area (Å²) in [5.74, 6) is 1.18. The van der Waals surface area contributed by atoms with E-state index in [-0.39, 0.29) is 23.3 Å². The SMILES string of the molecule is CNCC1CCCN(C(=O)CC2CCS(=O)(=O)C2)C1. The molecular weight excluding hydrogens is 264 g/mol. The molecule has 2 saturated heterocycles. The van der Waals surface area contributed by atoms with E-state index in [0.717, 1.165) is 26.1 Å². The van der Waals surface area contributed by atoms with Gasteiger partial charge < -0.3 is 10.2 Å². The van der Waals surface area contributed by atoms with Crippen molar-refractivity contribution < 1.29 is 13.2 Å². The summed E-state index contributed by atoms with van der Waals surface area (Å²) in [5.41, 5.74) is 0. The number of carbonyl (C=O) groups is 1. The highest BCUT2D eigenvalue weighted by Crippen LogP contribution is 2.24. The van der Waals surface area contributed by atoms with E-state index in [2.05, 4.69) is 5.32 Å². The molecule has 2 aliphatic rings. The van der Waals surface area contributed by atoms with Gasteiger partial charge in [-0.05, 0) is 44.7 Å². The number of sulfone groups is 1. The molecule has 0 saturated carbocycles. The predicted molar refractivity (Wildman–Crippen MR) is 74.6 cm³/mol. The third-order valence-electron chi connectivity index (χ3n) is 4.15. The molecule has 2 heterocycles. The number of hydrogen-bond acceptors (Lipinski definition) is 4. The first-order chi connectivity index (χ1) is 9.00. The normalized spacial score (nSPS) is 30.5. The minimum Gasteiger partial charge on any atom is -0.342 e. The van der Waals surface area contributed by atoms with Gasteiger partial charge in [0.2, 0.25) is 5.91 Å². The fourth-order valence-corrected chi connectivity index (χ4v) is 5.02. The standard InChI is InChI=1S/C13H24N2O3S/c1-14-8-12-3-2-5-15(9-12)13(16)7-11-4-6-19(17,18)10-11/h11-12,14H,2-10H2,1H3. The van der Waals surface area contributed by atoms with Crippen molar-refractivity contribution in [2.45, 2.75) is 25.7 Å². The van der Waals surface area contributed by atoms with Crippen LogP contribution in [0.15, 0.2) is 0 Å². The van der Waals surface area contributed by atoms with E-state index in [1.807, 2.05) is 11.9 Å². The van der Waals surface area contributed by atoms with Crippen LogP contribution in [-0.2, 0) is 14.6 Å². The summed E-state index contributed by atoms with van der Waals surface area (Å²) >= 11 is 0. The van der Waals surface area contributed by atoms with E-state index in [1.54, 1.807) is 0 Å². The second-order valence-electron chi connectivity index (χ2n) is 5.88. The zero-order valence-corrected chi connectivity index (χ0v) is 12.4. The first-order valence-electron chi connectivity index (χ1n) is 7.13. The van der Waals surface area contributed by atoms with Crippen molar-refractivity contribution >= 4 is 15.7 Å². The highest BCUT2D eigenvalue weighted by Gasteiger charge is 2.31. The predicted octanol–water partition coefficient (Wildman–Crippen LogP) is 0.269. The molecule has 0 aromatic carbocycles. The molecule has 0 spiro atoms. The Morgan fingerprint density at radius 1 is 1.32 bits per heavy atom. The highest BCUT2D eigenvalue weighted by atomic mass is 32.2. The number of hydrogen-bond donors (Lipinski definition) is 1. The Hall–Kier alpha value is -0.620. The van der Waals surface area contributed by atoms with Gasteiger partial charge in [-0.2, -0.15) is 0 Å². The topological polar surface area (TPSA) is 66.5 Å². The van der Waals surface area contributed by atoms with Crippen LogP contribution in [-0.4, -0.2) is 57.4 Å². The van der Waals surface area contributed by atoms with E-state index in [1.165, 1.54) is 6.42 Å². The average Bonchev–Trinajstić information content (AvgIpc) is 2.69. The number of nitrogens with zero attached hydrogens (tertiary/aromatic N) is 1. The van der Waals surface area contributed by atoms with Crippen molar-refractivity contribution in [3.05, 3.63) is 0 Å². The van der Waals surface area contributed by atoms with Crippen molar-refractivity contribution in [3.63, 3.8) is 0 Å². The second-order valence-corrected chi connectivity index (χ2v) is 8.11. The molecular formula is C13H24N2O3S. The fourth-order valence-electron chi connectivity index (χ4n) is 3.16. The van der Waals surface area contributed by atoms with Crippen molar-refractivity contribution in [1.29, 1.82) is 0 Å². The van der Waals surface area contributed by atoms with Gasteiger partial charge in [0.15, 0.2) is 9.84 Å². The molecule has 2 fully saturated rings. The first kappa shape index (κ1) is 14.8. The van der Waals surface area contributed by atoms with Crippen LogP contribution in [0.2, 0.25) is 0 Å². The number of amides is 1. The van der Waals surface area contributed by atoms with Gasteiger partial charge in [-0.1, -0.05) is 0 Å². The maximum absolute atomic E-state index is 12.2. The highest BCUT2D eigenvalue weighted by molar-refractivity contribution is 7.91. The van der Waals surface area contributed by atoms with Gasteiger partial charge in [0, 0.05) is 19.5 Å². The lowest BCUT2D eigenvalue weighted by Crippen LogP contribution is -2.43. The van der Waals surface area contributed by atoms with Gasteiger partial charge >= 0.3 is 0 Å². The van der Waals surface area contributed by atoms with Gasteiger partial charge in [-0.15, -0.1) is 0 Å². The molecule has 1 N–H and O–H groups in total. The molecule has 0 bridgehead atoms.